The molecule has 0 aromatic heterocycles. The summed E-state index contributed by atoms with van der Waals surface area (Å²) in [5.74, 6) is -0.847. The molecular weight excluding hydrogens is 208 g/mol. The molecular formula is C11H22N2O3. The Morgan fingerprint density at radius 2 is 1.69 bits per heavy atom. The monoisotopic (exact) mass is 230 g/mol. The van der Waals surface area contributed by atoms with Gasteiger partial charge in [-0.15, -0.1) is 0 Å². The number of carbonyl (C=O) groups excluding carboxylic acids is 1. The first kappa shape index (κ1) is 14.9. The van der Waals surface area contributed by atoms with Gasteiger partial charge in [0.15, 0.2) is 0 Å². The second-order valence-electron chi connectivity index (χ2n) is 4.31. The molecule has 0 heterocycles. The second kappa shape index (κ2) is 7.22. The van der Waals surface area contributed by atoms with Crippen molar-refractivity contribution in [3.63, 3.8) is 0 Å². The van der Waals surface area contributed by atoms with E-state index in [1.807, 2.05) is 27.7 Å². The van der Waals surface area contributed by atoms with Crippen molar-refractivity contribution in [1.29, 1.82) is 0 Å². The van der Waals surface area contributed by atoms with E-state index in [-0.39, 0.29) is 31.0 Å². The maximum absolute atomic E-state index is 11.8. The summed E-state index contributed by atoms with van der Waals surface area (Å²) in [6.45, 7) is 8.39. The van der Waals surface area contributed by atoms with Gasteiger partial charge in [0.2, 0.25) is 5.91 Å². The average Bonchev–Trinajstić information content (AvgIpc) is 2.10. The number of hydrogen-bond donors (Lipinski definition) is 2. The van der Waals surface area contributed by atoms with Crippen LogP contribution in [-0.2, 0) is 9.59 Å². The van der Waals surface area contributed by atoms with Crippen molar-refractivity contribution in [2.45, 2.75) is 46.2 Å². The molecule has 0 radical (unpaired) electrons. The standard InChI is InChI=1S/C11H22N2O3/c1-8(2)13(9(3)4)10(14)7-12-6-5-11(15)16/h8-9,12H,5-7H2,1-4H3,(H,15,16). The minimum absolute atomic E-state index is 0.00962. The normalized spacial score (nSPS) is 10.9. The van der Waals surface area contributed by atoms with Crippen LogP contribution in [0.15, 0.2) is 0 Å². The highest BCUT2D eigenvalue weighted by molar-refractivity contribution is 5.78. The van der Waals surface area contributed by atoms with Crippen LogP contribution in [0.4, 0.5) is 0 Å². The van der Waals surface area contributed by atoms with Crippen molar-refractivity contribution < 1.29 is 14.7 Å². The van der Waals surface area contributed by atoms with Gasteiger partial charge in [0, 0.05) is 18.6 Å². The molecule has 0 saturated carbocycles. The molecule has 5 heteroatoms. The molecule has 0 aromatic carbocycles. The van der Waals surface area contributed by atoms with Crippen LogP contribution in [0.1, 0.15) is 34.1 Å². The smallest absolute Gasteiger partial charge is 0.304 e. The Morgan fingerprint density at radius 1 is 1.19 bits per heavy atom. The minimum atomic E-state index is -0.857. The first-order valence-electron chi connectivity index (χ1n) is 5.60. The zero-order chi connectivity index (χ0) is 12.7. The third-order valence-electron chi connectivity index (χ3n) is 2.19. The lowest BCUT2D eigenvalue weighted by Gasteiger charge is -2.30. The Morgan fingerprint density at radius 3 is 2.06 bits per heavy atom. The molecule has 0 rings (SSSR count). The van der Waals surface area contributed by atoms with Crippen molar-refractivity contribution in [3.8, 4) is 0 Å². The number of rotatable bonds is 7. The molecule has 0 aliphatic carbocycles. The summed E-state index contributed by atoms with van der Waals surface area (Å²) in [4.78, 5) is 23.8. The lowest BCUT2D eigenvalue weighted by atomic mass is 10.2. The van der Waals surface area contributed by atoms with Crippen molar-refractivity contribution in [3.05, 3.63) is 0 Å². The summed E-state index contributed by atoms with van der Waals surface area (Å²) in [7, 11) is 0. The summed E-state index contributed by atoms with van der Waals surface area (Å²) < 4.78 is 0. The zero-order valence-electron chi connectivity index (χ0n) is 10.5. The maximum Gasteiger partial charge on any atom is 0.304 e. The molecule has 5 nitrogen and oxygen atoms in total. The van der Waals surface area contributed by atoms with Gasteiger partial charge in [0.1, 0.15) is 0 Å². The quantitative estimate of drug-likeness (QED) is 0.632. The lowest BCUT2D eigenvalue weighted by Crippen LogP contribution is -2.46. The van der Waals surface area contributed by atoms with Gasteiger partial charge in [-0.3, -0.25) is 9.59 Å². The molecule has 16 heavy (non-hydrogen) atoms. The number of nitrogens with one attached hydrogen (secondary N) is 1. The van der Waals surface area contributed by atoms with Gasteiger partial charge in [-0.05, 0) is 27.7 Å². The molecule has 0 aliphatic rings. The number of aliphatic carboxylic acids is 1. The molecule has 0 bridgehead atoms. The van der Waals surface area contributed by atoms with Crippen LogP contribution in [0.2, 0.25) is 0 Å². The van der Waals surface area contributed by atoms with Gasteiger partial charge in [-0.1, -0.05) is 0 Å². The van der Waals surface area contributed by atoms with Crippen LogP contribution in [-0.4, -0.2) is 47.1 Å². The molecule has 0 spiro atoms. The SMILES string of the molecule is CC(C)N(C(=O)CNCCC(=O)O)C(C)C. The summed E-state index contributed by atoms with van der Waals surface area (Å²) >= 11 is 0. The Kier molecular flexibility index (Phi) is 6.72. The van der Waals surface area contributed by atoms with Gasteiger partial charge >= 0.3 is 5.97 Å². The fourth-order valence-corrected chi connectivity index (χ4v) is 1.65. The highest BCUT2D eigenvalue weighted by Gasteiger charge is 2.19. The van der Waals surface area contributed by atoms with Crippen LogP contribution >= 0.6 is 0 Å². The van der Waals surface area contributed by atoms with E-state index in [0.717, 1.165) is 0 Å². The Labute approximate surface area is 96.8 Å². The van der Waals surface area contributed by atoms with Gasteiger partial charge in [-0.25, -0.2) is 0 Å². The van der Waals surface area contributed by atoms with Crippen LogP contribution < -0.4 is 5.32 Å². The van der Waals surface area contributed by atoms with E-state index < -0.39 is 5.97 Å². The maximum atomic E-state index is 11.8. The third kappa shape index (κ3) is 5.70. The Bertz CT molecular complexity index is 231. The third-order valence-corrected chi connectivity index (χ3v) is 2.19. The highest BCUT2D eigenvalue weighted by atomic mass is 16.4. The van der Waals surface area contributed by atoms with Crippen molar-refractivity contribution in [1.82, 2.24) is 10.2 Å². The van der Waals surface area contributed by atoms with E-state index >= 15 is 0 Å². The van der Waals surface area contributed by atoms with E-state index in [2.05, 4.69) is 5.32 Å². The van der Waals surface area contributed by atoms with E-state index in [0.29, 0.717) is 6.54 Å². The van der Waals surface area contributed by atoms with E-state index in [4.69, 9.17) is 5.11 Å². The number of carboxylic acid groups (broad SMARTS) is 1. The molecule has 0 unspecified atom stereocenters. The number of hydrogen-bond acceptors (Lipinski definition) is 3. The van der Waals surface area contributed by atoms with E-state index in [1.54, 1.807) is 4.90 Å². The second-order valence-corrected chi connectivity index (χ2v) is 4.31. The number of nitrogens with zero attached hydrogens (tertiary/aromatic N) is 1. The average molecular weight is 230 g/mol. The Balaban J connectivity index is 3.98. The first-order valence-corrected chi connectivity index (χ1v) is 5.60. The topological polar surface area (TPSA) is 69.6 Å². The highest BCUT2D eigenvalue weighted by Crippen LogP contribution is 2.04. The Hall–Kier alpha value is -1.10. The predicted molar refractivity (Wildman–Crippen MR) is 62.2 cm³/mol. The lowest BCUT2D eigenvalue weighted by molar-refractivity contribution is -0.137. The van der Waals surface area contributed by atoms with Crippen molar-refractivity contribution >= 4 is 11.9 Å². The van der Waals surface area contributed by atoms with Crippen LogP contribution in [0.5, 0.6) is 0 Å². The summed E-state index contributed by atoms with van der Waals surface area (Å²) in [5, 5.41) is 11.3. The first-order chi connectivity index (χ1) is 7.36. The van der Waals surface area contributed by atoms with Crippen LogP contribution in [0.3, 0.4) is 0 Å². The molecule has 94 valence electrons. The van der Waals surface area contributed by atoms with Crippen LogP contribution in [0.25, 0.3) is 0 Å². The fraction of sp³-hybridized carbons (Fsp3) is 0.818. The molecule has 0 aliphatic heterocycles. The molecule has 0 fully saturated rings. The number of carbonyl (C=O) groups is 2. The predicted octanol–water partition coefficient (Wildman–Crippen LogP) is 0.696. The molecule has 0 atom stereocenters. The van der Waals surface area contributed by atoms with Crippen molar-refractivity contribution in [2.24, 2.45) is 0 Å². The minimum Gasteiger partial charge on any atom is -0.481 e. The summed E-state index contributed by atoms with van der Waals surface area (Å²) in [6.07, 6.45) is 0.0383. The van der Waals surface area contributed by atoms with E-state index in [1.165, 1.54) is 0 Å². The molecule has 2 N–H and O–H groups in total. The van der Waals surface area contributed by atoms with Gasteiger partial charge in [0.05, 0.1) is 13.0 Å². The number of carboxylic acids is 1. The molecule has 0 aromatic rings. The molecule has 0 saturated heterocycles. The largest absolute Gasteiger partial charge is 0.481 e. The van der Waals surface area contributed by atoms with Crippen LogP contribution in [0, 0.1) is 0 Å². The van der Waals surface area contributed by atoms with Gasteiger partial charge < -0.3 is 15.3 Å². The zero-order valence-corrected chi connectivity index (χ0v) is 10.5. The molecule has 1 amide bonds. The van der Waals surface area contributed by atoms with E-state index in [9.17, 15) is 9.59 Å². The van der Waals surface area contributed by atoms with Gasteiger partial charge in [-0.2, -0.15) is 0 Å². The van der Waals surface area contributed by atoms with Gasteiger partial charge in [0.25, 0.3) is 0 Å². The summed E-state index contributed by atoms with van der Waals surface area (Å²) in [6, 6.07) is 0.322. The fourth-order valence-electron chi connectivity index (χ4n) is 1.65. The summed E-state index contributed by atoms with van der Waals surface area (Å²) in [5.41, 5.74) is 0. The number of amides is 1. The van der Waals surface area contributed by atoms with Crippen molar-refractivity contribution in [2.75, 3.05) is 13.1 Å².